The molecule has 4 heteroatoms. The van der Waals surface area contributed by atoms with E-state index in [-0.39, 0.29) is 6.61 Å². The molecule has 0 aliphatic heterocycles. The maximum atomic E-state index is 10.1. The molecule has 1 aromatic rings. The first kappa shape index (κ1) is 10.8. The summed E-state index contributed by atoms with van der Waals surface area (Å²) in [5, 5.41) is 17.0. The van der Waals surface area contributed by atoms with Crippen LogP contribution in [0.1, 0.15) is 5.56 Å². The van der Waals surface area contributed by atoms with Crippen molar-refractivity contribution < 1.29 is 14.6 Å². The Kier molecular flexibility index (Phi) is 3.92. The summed E-state index contributed by atoms with van der Waals surface area (Å²) >= 11 is 0. The van der Waals surface area contributed by atoms with Gasteiger partial charge in [0.2, 0.25) is 0 Å². The molecular weight excluding hydrogens is 194 g/mol. The van der Waals surface area contributed by atoms with Crippen molar-refractivity contribution in [3.63, 3.8) is 0 Å². The van der Waals surface area contributed by atoms with Gasteiger partial charge in [0.05, 0.1) is 5.56 Å². The fraction of sp³-hybridized carbons (Fsp3) is 0.0909. The highest BCUT2D eigenvalue weighted by Crippen LogP contribution is 2.16. The molecular formula is C11H9NO3. The number of ether oxygens (including phenoxy) is 1. The largest absolute Gasteiger partial charge is 0.488 e. The van der Waals surface area contributed by atoms with E-state index in [1.165, 1.54) is 6.08 Å². The van der Waals surface area contributed by atoms with Crippen LogP contribution in [0.2, 0.25) is 0 Å². The monoisotopic (exact) mass is 203 g/mol. The average molecular weight is 203 g/mol. The topological polar surface area (TPSA) is 70.3 Å². The predicted molar refractivity (Wildman–Crippen MR) is 53.4 cm³/mol. The first-order valence-corrected chi connectivity index (χ1v) is 4.25. The minimum atomic E-state index is -1.02. The van der Waals surface area contributed by atoms with Crippen LogP contribution < -0.4 is 4.74 Å². The molecule has 76 valence electrons. The molecule has 0 aromatic heterocycles. The summed E-state index contributed by atoms with van der Waals surface area (Å²) in [6, 6.07) is 8.76. The van der Waals surface area contributed by atoms with Gasteiger partial charge in [-0.1, -0.05) is 12.1 Å². The molecule has 0 saturated carbocycles. The van der Waals surface area contributed by atoms with E-state index in [2.05, 4.69) is 0 Å². The summed E-state index contributed by atoms with van der Waals surface area (Å²) in [6.45, 7) is 0.130. The Balaban J connectivity index is 2.58. The quantitative estimate of drug-likeness (QED) is 0.754. The summed E-state index contributed by atoms with van der Waals surface area (Å²) in [5.74, 6) is -0.567. The summed E-state index contributed by atoms with van der Waals surface area (Å²) in [4.78, 5) is 10.1. The van der Waals surface area contributed by atoms with Crippen molar-refractivity contribution in [2.24, 2.45) is 0 Å². The zero-order chi connectivity index (χ0) is 11.1. The normalized spacial score (nSPS) is 9.80. The first-order valence-electron chi connectivity index (χ1n) is 4.25. The lowest BCUT2D eigenvalue weighted by Gasteiger charge is -2.03. The average Bonchev–Trinajstić information content (AvgIpc) is 2.24. The van der Waals surface area contributed by atoms with Crippen LogP contribution in [0.15, 0.2) is 36.4 Å². The third kappa shape index (κ3) is 3.53. The molecule has 0 radical (unpaired) electrons. The van der Waals surface area contributed by atoms with Crippen LogP contribution in [0.4, 0.5) is 0 Å². The summed E-state index contributed by atoms with van der Waals surface area (Å²) in [5.41, 5.74) is 0.432. The van der Waals surface area contributed by atoms with Gasteiger partial charge in [0, 0.05) is 6.08 Å². The molecule has 4 nitrogen and oxygen atoms in total. The molecule has 0 fully saturated rings. The fourth-order valence-electron chi connectivity index (χ4n) is 0.972. The third-order valence-corrected chi connectivity index (χ3v) is 1.60. The number of aliphatic carboxylic acids is 1. The second-order valence-electron chi connectivity index (χ2n) is 2.66. The summed E-state index contributed by atoms with van der Waals surface area (Å²) < 4.78 is 5.21. The molecule has 0 amide bonds. The molecule has 1 N–H and O–H groups in total. The van der Waals surface area contributed by atoms with Gasteiger partial charge in [-0.3, -0.25) is 0 Å². The lowest BCUT2D eigenvalue weighted by Crippen LogP contribution is -1.97. The van der Waals surface area contributed by atoms with E-state index >= 15 is 0 Å². The van der Waals surface area contributed by atoms with Gasteiger partial charge in [-0.2, -0.15) is 5.26 Å². The second-order valence-corrected chi connectivity index (χ2v) is 2.66. The Morgan fingerprint density at radius 3 is 2.93 bits per heavy atom. The smallest absolute Gasteiger partial charge is 0.328 e. The van der Waals surface area contributed by atoms with E-state index < -0.39 is 5.97 Å². The van der Waals surface area contributed by atoms with Crippen LogP contribution >= 0.6 is 0 Å². The van der Waals surface area contributed by atoms with E-state index in [1.807, 2.05) is 6.07 Å². The Labute approximate surface area is 87.0 Å². The lowest BCUT2D eigenvalue weighted by atomic mass is 10.2. The summed E-state index contributed by atoms with van der Waals surface area (Å²) in [7, 11) is 0. The zero-order valence-corrected chi connectivity index (χ0v) is 7.88. The standard InChI is InChI=1S/C11H9NO3/c12-8-9-4-1-2-5-10(9)15-7-3-6-11(13)14/h1-6H,7H2,(H,13,14). The molecule has 0 saturated heterocycles. The second kappa shape index (κ2) is 5.45. The van der Waals surface area contributed by atoms with E-state index in [1.54, 1.807) is 24.3 Å². The number of carboxylic acids is 1. The van der Waals surface area contributed by atoms with Crippen molar-refractivity contribution in [3.8, 4) is 11.8 Å². The number of carboxylic acid groups (broad SMARTS) is 1. The van der Waals surface area contributed by atoms with Gasteiger partial charge in [0.15, 0.2) is 0 Å². The van der Waals surface area contributed by atoms with Crippen molar-refractivity contribution >= 4 is 5.97 Å². The maximum absolute atomic E-state index is 10.1. The van der Waals surface area contributed by atoms with Crippen molar-refractivity contribution in [1.82, 2.24) is 0 Å². The Bertz CT molecular complexity index is 418. The minimum Gasteiger partial charge on any atom is -0.488 e. The SMILES string of the molecule is N#Cc1ccccc1OCC=CC(=O)O. The number of para-hydroxylation sites is 1. The van der Waals surface area contributed by atoms with Gasteiger partial charge in [-0.15, -0.1) is 0 Å². The maximum Gasteiger partial charge on any atom is 0.328 e. The van der Waals surface area contributed by atoms with Crippen molar-refractivity contribution in [2.45, 2.75) is 0 Å². The van der Waals surface area contributed by atoms with Crippen LogP contribution in [-0.4, -0.2) is 17.7 Å². The molecule has 0 bridgehead atoms. The number of rotatable bonds is 4. The van der Waals surface area contributed by atoms with Crippen molar-refractivity contribution in [2.75, 3.05) is 6.61 Å². The van der Waals surface area contributed by atoms with Crippen LogP contribution in [-0.2, 0) is 4.79 Å². The number of hydrogen-bond donors (Lipinski definition) is 1. The molecule has 1 rings (SSSR count). The Hall–Kier alpha value is -2.28. The van der Waals surface area contributed by atoms with E-state index in [9.17, 15) is 4.79 Å². The molecule has 0 aliphatic carbocycles. The van der Waals surface area contributed by atoms with E-state index in [0.29, 0.717) is 11.3 Å². The number of nitriles is 1. The highest BCUT2D eigenvalue weighted by Gasteiger charge is 1.99. The fourth-order valence-corrected chi connectivity index (χ4v) is 0.972. The molecule has 0 heterocycles. The van der Waals surface area contributed by atoms with Gasteiger partial charge >= 0.3 is 5.97 Å². The van der Waals surface area contributed by atoms with E-state index in [4.69, 9.17) is 15.1 Å². The molecule has 0 atom stereocenters. The number of nitrogens with zero attached hydrogens (tertiary/aromatic N) is 1. The zero-order valence-electron chi connectivity index (χ0n) is 7.88. The van der Waals surface area contributed by atoms with Crippen LogP contribution in [0, 0.1) is 11.3 Å². The number of carbonyl (C=O) groups is 1. The third-order valence-electron chi connectivity index (χ3n) is 1.60. The van der Waals surface area contributed by atoms with Crippen molar-refractivity contribution in [1.29, 1.82) is 5.26 Å². The van der Waals surface area contributed by atoms with Crippen LogP contribution in [0.5, 0.6) is 5.75 Å². The van der Waals surface area contributed by atoms with Crippen LogP contribution in [0.3, 0.4) is 0 Å². The molecule has 15 heavy (non-hydrogen) atoms. The highest BCUT2D eigenvalue weighted by atomic mass is 16.5. The van der Waals surface area contributed by atoms with Gasteiger partial charge in [0.25, 0.3) is 0 Å². The van der Waals surface area contributed by atoms with Gasteiger partial charge < -0.3 is 9.84 Å². The molecule has 0 aliphatic rings. The lowest BCUT2D eigenvalue weighted by molar-refractivity contribution is -0.131. The predicted octanol–water partition coefficient (Wildman–Crippen LogP) is 1.58. The van der Waals surface area contributed by atoms with Crippen molar-refractivity contribution in [3.05, 3.63) is 42.0 Å². The first-order chi connectivity index (χ1) is 7.24. The van der Waals surface area contributed by atoms with Gasteiger partial charge in [0.1, 0.15) is 18.4 Å². The molecule has 1 aromatic carbocycles. The van der Waals surface area contributed by atoms with Gasteiger partial charge in [-0.05, 0) is 18.2 Å². The molecule has 0 unspecified atom stereocenters. The Morgan fingerprint density at radius 1 is 1.53 bits per heavy atom. The molecule has 0 spiro atoms. The minimum absolute atomic E-state index is 0.130. The highest BCUT2D eigenvalue weighted by molar-refractivity contribution is 5.79. The summed E-state index contributed by atoms with van der Waals surface area (Å²) in [6.07, 6.45) is 2.37. The number of benzene rings is 1. The Morgan fingerprint density at radius 2 is 2.27 bits per heavy atom. The van der Waals surface area contributed by atoms with Crippen LogP contribution in [0.25, 0.3) is 0 Å². The number of hydrogen-bond acceptors (Lipinski definition) is 3. The van der Waals surface area contributed by atoms with Gasteiger partial charge in [-0.25, -0.2) is 4.79 Å². The van der Waals surface area contributed by atoms with E-state index in [0.717, 1.165) is 6.08 Å².